The van der Waals surface area contributed by atoms with Crippen molar-refractivity contribution in [3.8, 4) is 5.88 Å². The Balaban J connectivity index is 2.68. The topological polar surface area (TPSA) is 84.3 Å². The molecule has 0 saturated carbocycles. The van der Waals surface area contributed by atoms with E-state index in [2.05, 4.69) is 15.3 Å². The van der Waals surface area contributed by atoms with E-state index in [0.717, 1.165) is 0 Å². The van der Waals surface area contributed by atoms with Crippen LogP contribution < -0.4 is 10.1 Å². The minimum atomic E-state index is -0.938. The quantitative estimate of drug-likeness (QED) is 0.748. The lowest BCUT2D eigenvalue weighted by Gasteiger charge is -2.10. The Kier molecular flexibility index (Phi) is 3.84. The molecule has 1 heterocycles. The third-order valence-corrected chi connectivity index (χ3v) is 1.67. The second-order valence-corrected chi connectivity index (χ2v) is 2.88. The number of nitrogens with one attached hydrogen (secondary N) is 1. The van der Waals surface area contributed by atoms with E-state index in [1.165, 1.54) is 13.3 Å². The lowest BCUT2D eigenvalue weighted by molar-refractivity contribution is -0.137. The van der Waals surface area contributed by atoms with E-state index < -0.39 is 12.0 Å². The van der Waals surface area contributed by atoms with Crippen LogP contribution in [0.25, 0.3) is 0 Å². The smallest absolute Gasteiger partial charge is 0.325 e. The molecule has 1 unspecified atom stereocenters. The van der Waals surface area contributed by atoms with Gasteiger partial charge in [-0.1, -0.05) is 0 Å². The lowest BCUT2D eigenvalue weighted by atomic mass is 10.3. The van der Waals surface area contributed by atoms with Gasteiger partial charge in [0, 0.05) is 6.07 Å². The summed E-state index contributed by atoms with van der Waals surface area (Å²) in [5.74, 6) is -0.0810. The summed E-state index contributed by atoms with van der Waals surface area (Å²) in [6, 6.07) is 0.859. The van der Waals surface area contributed by atoms with Crippen LogP contribution in [0.1, 0.15) is 13.8 Å². The van der Waals surface area contributed by atoms with Crippen LogP contribution in [-0.2, 0) is 4.79 Å². The highest BCUT2D eigenvalue weighted by Crippen LogP contribution is 2.11. The fourth-order valence-electron chi connectivity index (χ4n) is 0.929. The van der Waals surface area contributed by atoms with Crippen molar-refractivity contribution >= 4 is 11.8 Å². The van der Waals surface area contributed by atoms with E-state index in [0.29, 0.717) is 18.3 Å². The van der Waals surface area contributed by atoms with Gasteiger partial charge in [-0.05, 0) is 13.8 Å². The summed E-state index contributed by atoms with van der Waals surface area (Å²) >= 11 is 0. The normalized spacial score (nSPS) is 11.9. The Bertz CT molecular complexity index is 343. The molecule has 1 aromatic heterocycles. The van der Waals surface area contributed by atoms with Gasteiger partial charge in [0.25, 0.3) is 0 Å². The van der Waals surface area contributed by atoms with Crippen LogP contribution in [0.5, 0.6) is 5.88 Å². The van der Waals surface area contributed by atoms with Crippen molar-refractivity contribution in [1.82, 2.24) is 9.97 Å². The molecule has 0 bridgehead atoms. The summed E-state index contributed by atoms with van der Waals surface area (Å²) in [5, 5.41) is 11.4. The van der Waals surface area contributed by atoms with Gasteiger partial charge in [0.1, 0.15) is 18.2 Å². The monoisotopic (exact) mass is 211 g/mol. The number of ether oxygens (including phenoxy) is 1. The number of carbonyl (C=O) groups is 1. The number of aliphatic carboxylic acids is 1. The van der Waals surface area contributed by atoms with Gasteiger partial charge in [-0.3, -0.25) is 4.79 Å². The van der Waals surface area contributed by atoms with Crippen LogP contribution in [0.2, 0.25) is 0 Å². The zero-order valence-corrected chi connectivity index (χ0v) is 8.60. The summed E-state index contributed by atoms with van der Waals surface area (Å²) in [6.45, 7) is 3.88. The van der Waals surface area contributed by atoms with Crippen LogP contribution in [0.4, 0.5) is 5.82 Å². The van der Waals surface area contributed by atoms with Crippen LogP contribution in [0, 0.1) is 0 Å². The van der Waals surface area contributed by atoms with E-state index >= 15 is 0 Å². The van der Waals surface area contributed by atoms with Gasteiger partial charge < -0.3 is 15.2 Å². The number of nitrogens with zero attached hydrogens (tertiary/aromatic N) is 2. The fourth-order valence-corrected chi connectivity index (χ4v) is 0.929. The van der Waals surface area contributed by atoms with Crippen LogP contribution >= 0.6 is 0 Å². The van der Waals surface area contributed by atoms with Crippen LogP contribution in [0.3, 0.4) is 0 Å². The van der Waals surface area contributed by atoms with E-state index in [1.807, 2.05) is 6.92 Å². The molecular formula is C9H13N3O3. The molecular weight excluding hydrogens is 198 g/mol. The first-order valence-corrected chi connectivity index (χ1v) is 4.57. The number of anilines is 1. The Morgan fingerprint density at radius 2 is 2.40 bits per heavy atom. The average molecular weight is 211 g/mol. The van der Waals surface area contributed by atoms with Crippen molar-refractivity contribution in [1.29, 1.82) is 0 Å². The second kappa shape index (κ2) is 5.14. The van der Waals surface area contributed by atoms with E-state index in [9.17, 15) is 4.79 Å². The highest BCUT2D eigenvalue weighted by Gasteiger charge is 2.11. The molecule has 6 nitrogen and oxygen atoms in total. The van der Waals surface area contributed by atoms with E-state index in [1.54, 1.807) is 6.07 Å². The highest BCUT2D eigenvalue weighted by atomic mass is 16.5. The molecule has 6 heteroatoms. The van der Waals surface area contributed by atoms with E-state index in [-0.39, 0.29) is 0 Å². The maximum absolute atomic E-state index is 10.6. The van der Waals surface area contributed by atoms with Crippen molar-refractivity contribution in [2.75, 3.05) is 11.9 Å². The van der Waals surface area contributed by atoms with Gasteiger partial charge in [0.15, 0.2) is 0 Å². The molecule has 0 aliphatic rings. The molecule has 1 atom stereocenters. The van der Waals surface area contributed by atoms with Gasteiger partial charge in [0.2, 0.25) is 5.88 Å². The van der Waals surface area contributed by atoms with Crippen LogP contribution in [-0.4, -0.2) is 33.7 Å². The maximum atomic E-state index is 10.6. The van der Waals surface area contributed by atoms with Gasteiger partial charge in [-0.25, -0.2) is 9.97 Å². The first-order chi connectivity index (χ1) is 7.13. The molecule has 0 aromatic carbocycles. The number of carboxylic acids is 1. The number of hydrogen-bond donors (Lipinski definition) is 2. The molecule has 0 aliphatic carbocycles. The van der Waals surface area contributed by atoms with Gasteiger partial charge >= 0.3 is 5.97 Å². The van der Waals surface area contributed by atoms with Crippen molar-refractivity contribution in [3.63, 3.8) is 0 Å². The molecule has 0 saturated heterocycles. The zero-order chi connectivity index (χ0) is 11.3. The SMILES string of the molecule is CCOc1cc(NC(C)C(=O)O)ncn1. The molecule has 2 N–H and O–H groups in total. The number of carboxylic acid groups (broad SMARTS) is 1. The minimum absolute atomic E-state index is 0.424. The maximum Gasteiger partial charge on any atom is 0.325 e. The summed E-state index contributed by atoms with van der Waals surface area (Å²) < 4.78 is 5.15. The van der Waals surface area contributed by atoms with Gasteiger partial charge in [-0.15, -0.1) is 0 Å². The van der Waals surface area contributed by atoms with Gasteiger partial charge in [-0.2, -0.15) is 0 Å². The lowest BCUT2D eigenvalue weighted by Crippen LogP contribution is -2.25. The van der Waals surface area contributed by atoms with Crippen molar-refractivity contribution in [3.05, 3.63) is 12.4 Å². The Morgan fingerprint density at radius 1 is 1.67 bits per heavy atom. The largest absolute Gasteiger partial charge is 0.480 e. The summed E-state index contributed by atoms with van der Waals surface area (Å²) in [4.78, 5) is 18.3. The molecule has 1 rings (SSSR count). The Labute approximate surface area is 87.3 Å². The first kappa shape index (κ1) is 11.2. The highest BCUT2D eigenvalue weighted by molar-refractivity contribution is 5.76. The Morgan fingerprint density at radius 3 is 3.00 bits per heavy atom. The molecule has 82 valence electrons. The number of rotatable bonds is 5. The zero-order valence-electron chi connectivity index (χ0n) is 8.60. The molecule has 0 spiro atoms. The molecule has 0 radical (unpaired) electrons. The summed E-state index contributed by atoms with van der Waals surface area (Å²) in [5.41, 5.74) is 0. The second-order valence-electron chi connectivity index (χ2n) is 2.88. The summed E-state index contributed by atoms with van der Waals surface area (Å²) in [7, 11) is 0. The van der Waals surface area contributed by atoms with Crippen molar-refractivity contribution in [2.24, 2.45) is 0 Å². The predicted octanol–water partition coefficient (Wildman–Crippen LogP) is 0.760. The predicted molar refractivity (Wildman–Crippen MR) is 53.9 cm³/mol. The minimum Gasteiger partial charge on any atom is -0.480 e. The van der Waals surface area contributed by atoms with Crippen molar-refractivity contribution in [2.45, 2.75) is 19.9 Å². The molecule has 0 fully saturated rings. The Hall–Kier alpha value is -1.85. The summed E-state index contributed by atoms with van der Waals surface area (Å²) in [6.07, 6.45) is 1.32. The molecule has 0 amide bonds. The molecule has 1 aromatic rings. The first-order valence-electron chi connectivity index (χ1n) is 4.57. The molecule has 0 aliphatic heterocycles. The number of hydrogen-bond acceptors (Lipinski definition) is 5. The third-order valence-electron chi connectivity index (χ3n) is 1.67. The van der Waals surface area contributed by atoms with Crippen molar-refractivity contribution < 1.29 is 14.6 Å². The molecule has 15 heavy (non-hydrogen) atoms. The standard InChI is InChI=1S/C9H13N3O3/c1-3-15-8-4-7(10-5-11-8)12-6(2)9(13)14/h4-6H,3H2,1-2H3,(H,13,14)(H,10,11,12). The fraction of sp³-hybridized carbons (Fsp3) is 0.444. The van der Waals surface area contributed by atoms with Crippen LogP contribution in [0.15, 0.2) is 12.4 Å². The third kappa shape index (κ3) is 3.41. The van der Waals surface area contributed by atoms with Gasteiger partial charge in [0.05, 0.1) is 6.61 Å². The average Bonchev–Trinajstić information content (AvgIpc) is 2.18. The number of aromatic nitrogens is 2. The van der Waals surface area contributed by atoms with E-state index in [4.69, 9.17) is 9.84 Å².